The summed E-state index contributed by atoms with van der Waals surface area (Å²) in [5.74, 6) is 1.13. The molecule has 1 saturated carbocycles. The van der Waals surface area contributed by atoms with Crippen LogP contribution in [0, 0.1) is 29.6 Å². The van der Waals surface area contributed by atoms with Crippen molar-refractivity contribution in [2.75, 3.05) is 32.7 Å². The third kappa shape index (κ3) is 22.1. The molecule has 3 aliphatic rings. The van der Waals surface area contributed by atoms with E-state index in [0.717, 1.165) is 68.7 Å². The zero-order valence-electron chi connectivity index (χ0n) is 34.6. The number of unbranched alkanes of at least 4 members (excludes halogenated alkanes) is 2. The van der Waals surface area contributed by atoms with E-state index >= 15 is 0 Å². The number of nitrogens with one attached hydrogen (secondary N) is 3. The Morgan fingerprint density at radius 1 is 0.618 bits per heavy atom. The van der Waals surface area contributed by atoms with Gasteiger partial charge in [0.15, 0.2) is 0 Å². The highest BCUT2D eigenvalue weighted by Crippen LogP contribution is 2.30. The molecule has 2 heterocycles. The summed E-state index contributed by atoms with van der Waals surface area (Å²) in [5.41, 5.74) is 0. The van der Waals surface area contributed by atoms with E-state index in [1.54, 1.807) is 0 Å². The molecule has 13 nitrogen and oxygen atoms in total. The summed E-state index contributed by atoms with van der Waals surface area (Å²) in [6.07, 6.45) is 16.7. The molecule has 0 atom stereocenters. The predicted octanol–water partition coefficient (Wildman–Crippen LogP) is 5.03. The van der Waals surface area contributed by atoms with E-state index in [0.29, 0.717) is 57.3 Å². The Kier molecular flexibility index (Phi) is 24.4. The highest BCUT2D eigenvalue weighted by molar-refractivity contribution is 6.13. The van der Waals surface area contributed by atoms with E-state index in [-0.39, 0.29) is 59.0 Å². The van der Waals surface area contributed by atoms with Crippen LogP contribution in [-0.4, -0.2) is 89.7 Å². The minimum atomic E-state index is -0.288. The number of ketones is 1. The minimum Gasteiger partial charge on any atom is -0.356 e. The lowest BCUT2D eigenvalue weighted by Crippen LogP contribution is -2.38. The van der Waals surface area contributed by atoms with Crippen molar-refractivity contribution in [2.45, 2.75) is 132 Å². The van der Waals surface area contributed by atoms with E-state index in [9.17, 15) is 38.4 Å². The van der Waals surface area contributed by atoms with Crippen LogP contribution >= 0.6 is 0 Å². The molecule has 1 fully saturated rings. The van der Waals surface area contributed by atoms with Crippen LogP contribution < -0.4 is 16.0 Å². The van der Waals surface area contributed by atoms with Crippen molar-refractivity contribution in [3.8, 4) is 0 Å². The topological polar surface area (TPSA) is 179 Å². The summed E-state index contributed by atoms with van der Waals surface area (Å²) >= 11 is 0. The van der Waals surface area contributed by atoms with Crippen LogP contribution in [0.15, 0.2) is 24.3 Å². The Morgan fingerprint density at radius 2 is 1.11 bits per heavy atom. The van der Waals surface area contributed by atoms with Gasteiger partial charge in [-0.2, -0.15) is 0 Å². The number of imide groups is 2. The number of carbonyl (C=O) groups excluding carboxylic acids is 8. The number of Topliss-reactive ketones (excluding diaryl/α,β-unsaturated/α-hetero) is 1. The Balaban J connectivity index is 0.000000441. The predicted molar refractivity (Wildman–Crippen MR) is 213 cm³/mol. The van der Waals surface area contributed by atoms with E-state index in [4.69, 9.17) is 0 Å². The summed E-state index contributed by atoms with van der Waals surface area (Å²) in [6.45, 7) is 16.7. The summed E-state index contributed by atoms with van der Waals surface area (Å²) in [5, 5.41) is 8.58. The molecule has 3 rings (SSSR count). The molecule has 0 saturated heterocycles. The highest BCUT2D eigenvalue weighted by Gasteiger charge is 2.31. The molecular weight excluding hydrogens is 702 g/mol. The van der Waals surface area contributed by atoms with Crippen LogP contribution in [0.1, 0.15) is 132 Å². The Bertz CT molecular complexity index is 1290. The van der Waals surface area contributed by atoms with E-state index in [1.807, 2.05) is 13.8 Å². The van der Waals surface area contributed by atoms with Gasteiger partial charge in [0.05, 0.1) is 0 Å². The molecule has 0 unspecified atom stereocenters. The van der Waals surface area contributed by atoms with Gasteiger partial charge in [0.25, 0.3) is 23.6 Å². The molecule has 0 aromatic rings. The Morgan fingerprint density at radius 3 is 1.58 bits per heavy atom. The van der Waals surface area contributed by atoms with Gasteiger partial charge in [-0.3, -0.25) is 48.2 Å². The molecule has 2 aliphatic heterocycles. The third-order valence-electron chi connectivity index (χ3n) is 9.58. The molecule has 1 aliphatic carbocycles. The maximum atomic E-state index is 12.2. The van der Waals surface area contributed by atoms with Crippen LogP contribution in [0.25, 0.3) is 0 Å². The summed E-state index contributed by atoms with van der Waals surface area (Å²) in [6, 6.07) is 0. The lowest BCUT2D eigenvalue weighted by Gasteiger charge is -2.30. The zero-order chi connectivity index (χ0) is 41.3. The molecule has 0 bridgehead atoms. The maximum Gasteiger partial charge on any atom is 0.253 e. The van der Waals surface area contributed by atoms with Gasteiger partial charge in [0.2, 0.25) is 17.7 Å². The van der Waals surface area contributed by atoms with Gasteiger partial charge >= 0.3 is 0 Å². The summed E-state index contributed by atoms with van der Waals surface area (Å²) in [4.78, 5) is 93.4. The zero-order valence-corrected chi connectivity index (χ0v) is 34.6. The monoisotopic (exact) mass is 772 g/mol. The van der Waals surface area contributed by atoms with Crippen molar-refractivity contribution in [3.05, 3.63) is 24.3 Å². The number of carbonyl (C=O) groups is 8. The molecule has 55 heavy (non-hydrogen) atoms. The van der Waals surface area contributed by atoms with Crippen LogP contribution in [0.4, 0.5) is 0 Å². The quantitative estimate of drug-likeness (QED) is 0.107. The van der Waals surface area contributed by atoms with Crippen molar-refractivity contribution in [1.82, 2.24) is 25.8 Å². The van der Waals surface area contributed by atoms with Crippen molar-refractivity contribution >= 4 is 47.1 Å². The van der Waals surface area contributed by atoms with Crippen molar-refractivity contribution < 1.29 is 38.4 Å². The molecule has 3 N–H and O–H groups in total. The van der Waals surface area contributed by atoms with Gasteiger partial charge in [-0.05, 0) is 69.6 Å². The van der Waals surface area contributed by atoms with Gasteiger partial charge in [0.1, 0.15) is 5.78 Å². The van der Waals surface area contributed by atoms with Crippen LogP contribution in [0.3, 0.4) is 0 Å². The van der Waals surface area contributed by atoms with Crippen LogP contribution in [0.2, 0.25) is 0 Å². The first-order valence-electron chi connectivity index (χ1n) is 20.4. The molecule has 310 valence electrons. The number of nitrogens with zero attached hydrogens (tertiary/aromatic N) is 2. The van der Waals surface area contributed by atoms with Crippen molar-refractivity contribution in [1.29, 1.82) is 0 Å². The molecule has 0 spiro atoms. The largest absolute Gasteiger partial charge is 0.356 e. The smallest absolute Gasteiger partial charge is 0.253 e. The standard InChI is InChI=1S/C19H30N2O3.C15H24N2O3.C8H15NO2/c1-14(2)5-3-4-12-20-19(24)16-8-6-15(7-9-16)13-21-17(22)10-11-18(21)23;1-12(2)6-3-4-10-16-13(18)7-5-11-17-14(19)8-9-15(17)20;1-6(2)8(11)9-5-4-7(3)10/h10-11,14-16H,3-9,12-13H2,1-2H3,(H,20,24);8-9,12H,3-7,10-11H2,1-2H3,(H,16,18);6H,4-5H2,1-3H3,(H,9,11). The second-order valence-electron chi connectivity index (χ2n) is 15.9. The maximum absolute atomic E-state index is 12.2. The van der Waals surface area contributed by atoms with Gasteiger partial charge < -0.3 is 16.0 Å². The number of amides is 7. The van der Waals surface area contributed by atoms with E-state index in [1.165, 1.54) is 49.0 Å². The van der Waals surface area contributed by atoms with Crippen molar-refractivity contribution in [3.63, 3.8) is 0 Å². The third-order valence-corrected chi connectivity index (χ3v) is 9.58. The fourth-order valence-corrected chi connectivity index (χ4v) is 6.12. The molecule has 7 amide bonds. The number of hydrogen-bond donors (Lipinski definition) is 3. The molecular formula is C42H69N5O8. The normalized spacial score (nSPS) is 17.7. The molecule has 0 aromatic heterocycles. The summed E-state index contributed by atoms with van der Waals surface area (Å²) in [7, 11) is 0. The molecule has 0 aromatic carbocycles. The van der Waals surface area contributed by atoms with E-state index < -0.39 is 0 Å². The fraction of sp³-hybridized carbons (Fsp3) is 0.714. The average molecular weight is 772 g/mol. The van der Waals surface area contributed by atoms with Crippen LogP contribution in [-0.2, 0) is 38.4 Å². The average Bonchev–Trinajstić information content (AvgIpc) is 3.62. The minimum absolute atomic E-state index is 0.00181. The second kappa shape index (κ2) is 27.4. The SMILES string of the molecule is CC(=O)CCNC(=O)C(C)C.CC(C)CCCCNC(=O)C1CCC(CN2C(=O)C=CC2=O)CC1.CC(C)CCCCNC(=O)CCCN1C(=O)C=CC1=O. The van der Waals surface area contributed by atoms with Gasteiger partial charge in [-0.1, -0.05) is 67.2 Å². The van der Waals surface area contributed by atoms with Crippen molar-refractivity contribution in [2.24, 2.45) is 29.6 Å². The van der Waals surface area contributed by atoms with Gasteiger partial charge in [0, 0.05) is 81.7 Å². The first-order chi connectivity index (χ1) is 26.0. The fourth-order valence-electron chi connectivity index (χ4n) is 6.12. The molecule has 0 radical (unpaired) electrons. The number of rotatable bonds is 21. The van der Waals surface area contributed by atoms with Crippen LogP contribution in [0.5, 0.6) is 0 Å². The lowest BCUT2D eigenvalue weighted by molar-refractivity contribution is -0.139. The highest BCUT2D eigenvalue weighted by atomic mass is 16.2. The number of hydrogen-bond acceptors (Lipinski definition) is 8. The second-order valence-corrected chi connectivity index (χ2v) is 15.9. The van der Waals surface area contributed by atoms with Gasteiger partial charge in [-0.15, -0.1) is 0 Å². The Hall–Kier alpha value is -4.16. The summed E-state index contributed by atoms with van der Waals surface area (Å²) < 4.78 is 0. The first-order valence-corrected chi connectivity index (χ1v) is 20.4. The first kappa shape index (κ1) is 48.9. The lowest BCUT2D eigenvalue weighted by atomic mass is 9.81. The van der Waals surface area contributed by atoms with Gasteiger partial charge in [-0.25, -0.2) is 0 Å². The van der Waals surface area contributed by atoms with E-state index in [2.05, 4.69) is 43.6 Å². The molecule has 13 heteroatoms. The Labute approximate surface area is 329 Å².